The smallest absolute Gasteiger partial charge is 0.256 e. The summed E-state index contributed by atoms with van der Waals surface area (Å²) in [6, 6.07) is 12.3. The van der Waals surface area contributed by atoms with E-state index < -0.39 is 0 Å². The lowest BCUT2D eigenvalue weighted by Crippen LogP contribution is -2.13. The molecule has 0 radical (unpaired) electrons. The standard InChI is InChI=1S/C19H17ClN2O3S/c1-12(23)14-5-2-3-6-15(14)21-18(24)7-4-10-26-19-22-16-11-13(20)8-9-17(16)25-19/h2-3,5-6,8-9,11H,4,7,10H2,1H3,(H,21,24). The van der Waals surface area contributed by atoms with E-state index >= 15 is 0 Å². The number of rotatable bonds is 7. The van der Waals surface area contributed by atoms with Gasteiger partial charge >= 0.3 is 0 Å². The molecule has 1 heterocycles. The number of oxazole rings is 1. The zero-order valence-electron chi connectivity index (χ0n) is 14.1. The number of thioether (sulfide) groups is 1. The molecule has 3 rings (SSSR count). The Morgan fingerprint density at radius 2 is 2.04 bits per heavy atom. The molecule has 134 valence electrons. The van der Waals surface area contributed by atoms with E-state index in [4.69, 9.17) is 16.0 Å². The van der Waals surface area contributed by atoms with Gasteiger partial charge in [-0.25, -0.2) is 4.98 Å². The van der Waals surface area contributed by atoms with Crippen LogP contribution in [0.1, 0.15) is 30.1 Å². The SMILES string of the molecule is CC(=O)c1ccccc1NC(=O)CCCSc1nc2cc(Cl)ccc2o1. The van der Waals surface area contributed by atoms with Gasteiger partial charge in [-0.3, -0.25) is 9.59 Å². The molecule has 0 saturated carbocycles. The van der Waals surface area contributed by atoms with Gasteiger partial charge in [0.05, 0.1) is 5.69 Å². The number of amides is 1. The van der Waals surface area contributed by atoms with Crippen LogP contribution in [0.15, 0.2) is 52.1 Å². The number of para-hydroxylation sites is 1. The van der Waals surface area contributed by atoms with Gasteiger partial charge in [-0.05, 0) is 43.7 Å². The molecule has 0 bridgehead atoms. The van der Waals surface area contributed by atoms with Gasteiger partial charge in [-0.1, -0.05) is 35.5 Å². The van der Waals surface area contributed by atoms with E-state index in [9.17, 15) is 9.59 Å². The number of nitrogens with zero attached hydrogens (tertiary/aromatic N) is 1. The second-order valence-electron chi connectivity index (χ2n) is 5.69. The predicted octanol–water partition coefficient (Wildman–Crippen LogP) is 5.19. The normalized spacial score (nSPS) is 10.8. The molecule has 0 atom stereocenters. The highest BCUT2D eigenvalue weighted by Crippen LogP contribution is 2.26. The second kappa shape index (κ2) is 8.38. The van der Waals surface area contributed by atoms with Gasteiger partial charge in [-0.2, -0.15) is 0 Å². The minimum absolute atomic E-state index is 0.0764. The Kier molecular flexibility index (Phi) is 5.96. The lowest BCUT2D eigenvalue weighted by atomic mass is 10.1. The summed E-state index contributed by atoms with van der Waals surface area (Å²) in [4.78, 5) is 28.0. The number of ketones is 1. The van der Waals surface area contributed by atoms with Gasteiger partial charge in [0.25, 0.3) is 5.22 Å². The van der Waals surface area contributed by atoms with Crippen LogP contribution < -0.4 is 5.32 Å². The maximum atomic E-state index is 12.1. The Morgan fingerprint density at radius 3 is 2.85 bits per heavy atom. The number of hydrogen-bond acceptors (Lipinski definition) is 5. The van der Waals surface area contributed by atoms with Crippen LogP contribution in [-0.2, 0) is 4.79 Å². The van der Waals surface area contributed by atoms with Gasteiger partial charge in [0.15, 0.2) is 11.4 Å². The van der Waals surface area contributed by atoms with Gasteiger partial charge < -0.3 is 9.73 Å². The van der Waals surface area contributed by atoms with Crippen LogP contribution in [0.25, 0.3) is 11.1 Å². The number of carbonyl (C=O) groups is 2. The Bertz CT molecular complexity index is 955. The molecule has 1 amide bonds. The van der Waals surface area contributed by atoms with Crippen LogP contribution in [0.5, 0.6) is 0 Å². The van der Waals surface area contributed by atoms with E-state index in [-0.39, 0.29) is 11.7 Å². The first-order valence-electron chi connectivity index (χ1n) is 8.11. The first-order chi connectivity index (χ1) is 12.5. The third-order valence-corrected chi connectivity index (χ3v) is 4.83. The summed E-state index contributed by atoms with van der Waals surface area (Å²) < 4.78 is 5.62. The van der Waals surface area contributed by atoms with E-state index in [0.29, 0.717) is 45.7 Å². The lowest BCUT2D eigenvalue weighted by Gasteiger charge is -2.08. The Hall–Kier alpha value is -2.31. The van der Waals surface area contributed by atoms with Crippen LogP contribution in [-0.4, -0.2) is 22.4 Å². The molecule has 1 N–H and O–H groups in total. The molecule has 0 saturated heterocycles. The molecule has 0 aliphatic carbocycles. The molecule has 0 unspecified atom stereocenters. The van der Waals surface area contributed by atoms with Crippen molar-refractivity contribution in [3.05, 3.63) is 53.1 Å². The molecule has 0 fully saturated rings. The third kappa shape index (κ3) is 4.65. The van der Waals surface area contributed by atoms with E-state index in [0.717, 1.165) is 5.52 Å². The molecule has 7 heteroatoms. The average molecular weight is 389 g/mol. The number of nitrogens with one attached hydrogen (secondary N) is 1. The lowest BCUT2D eigenvalue weighted by molar-refractivity contribution is -0.116. The summed E-state index contributed by atoms with van der Waals surface area (Å²) in [6.07, 6.45) is 1.02. The highest BCUT2D eigenvalue weighted by molar-refractivity contribution is 7.99. The van der Waals surface area contributed by atoms with Gasteiger partial charge in [0.2, 0.25) is 5.91 Å². The molecule has 0 aliphatic heterocycles. The summed E-state index contributed by atoms with van der Waals surface area (Å²) in [5.41, 5.74) is 2.47. The number of fused-ring (bicyclic) bond motifs is 1. The average Bonchev–Trinajstić information content (AvgIpc) is 3.01. The monoisotopic (exact) mass is 388 g/mol. The first kappa shape index (κ1) is 18.5. The molecule has 0 aliphatic rings. The zero-order valence-corrected chi connectivity index (χ0v) is 15.7. The molecule has 3 aromatic rings. The van der Waals surface area contributed by atoms with Crippen LogP contribution in [0.4, 0.5) is 5.69 Å². The van der Waals surface area contributed by atoms with Crippen molar-refractivity contribution < 1.29 is 14.0 Å². The fraction of sp³-hybridized carbons (Fsp3) is 0.211. The van der Waals surface area contributed by atoms with Crippen LogP contribution in [0.2, 0.25) is 5.02 Å². The minimum Gasteiger partial charge on any atom is -0.431 e. The largest absolute Gasteiger partial charge is 0.431 e. The van der Waals surface area contributed by atoms with Crippen molar-refractivity contribution in [3.8, 4) is 0 Å². The number of aromatic nitrogens is 1. The summed E-state index contributed by atoms with van der Waals surface area (Å²) >= 11 is 7.39. The van der Waals surface area contributed by atoms with E-state index in [1.54, 1.807) is 42.5 Å². The molecular formula is C19H17ClN2O3S. The van der Waals surface area contributed by atoms with Crippen molar-refractivity contribution in [1.82, 2.24) is 4.98 Å². The second-order valence-corrected chi connectivity index (χ2v) is 7.18. The molecule has 2 aromatic carbocycles. The molecule has 0 spiro atoms. The predicted molar refractivity (Wildman–Crippen MR) is 104 cm³/mol. The number of benzene rings is 2. The highest BCUT2D eigenvalue weighted by atomic mass is 35.5. The molecular weight excluding hydrogens is 372 g/mol. The van der Waals surface area contributed by atoms with E-state index in [2.05, 4.69) is 10.3 Å². The quantitative estimate of drug-likeness (QED) is 0.342. The van der Waals surface area contributed by atoms with Crippen molar-refractivity contribution in [2.75, 3.05) is 11.1 Å². The van der Waals surface area contributed by atoms with Gasteiger partial charge in [0, 0.05) is 22.8 Å². The number of hydrogen-bond donors (Lipinski definition) is 1. The maximum absolute atomic E-state index is 12.1. The Morgan fingerprint density at radius 1 is 1.23 bits per heavy atom. The number of halogens is 1. The van der Waals surface area contributed by atoms with Crippen molar-refractivity contribution in [1.29, 1.82) is 0 Å². The van der Waals surface area contributed by atoms with Crippen molar-refractivity contribution in [3.63, 3.8) is 0 Å². The minimum atomic E-state index is -0.122. The number of Topliss-reactive ketones (excluding diaryl/α,β-unsaturated/α-hetero) is 1. The van der Waals surface area contributed by atoms with Crippen LogP contribution >= 0.6 is 23.4 Å². The van der Waals surface area contributed by atoms with E-state index in [1.165, 1.54) is 18.7 Å². The highest BCUT2D eigenvalue weighted by Gasteiger charge is 2.10. The summed E-state index contributed by atoms with van der Waals surface area (Å²) in [7, 11) is 0. The van der Waals surface area contributed by atoms with Gasteiger partial charge in [-0.15, -0.1) is 0 Å². The maximum Gasteiger partial charge on any atom is 0.256 e. The van der Waals surface area contributed by atoms with Crippen molar-refractivity contribution in [2.24, 2.45) is 0 Å². The van der Waals surface area contributed by atoms with Gasteiger partial charge in [0.1, 0.15) is 5.52 Å². The molecule has 1 aromatic heterocycles. The fourth-order valence-electron chi connectivity index (χ4n) is 2.45. The number of anilines is 1. The first-order valence-corrected chi connectivity index (χ1v) is 9.48. The van der Waals surface area contributed by atoms with Crippen molar-refractivity contribution >= 4 is 51.8 Å². The summed E-state index contributed by atoms with van der Waals surface area (Å²) in [5.74, 6) is 0.499. The Labute approximate surface area is 160 Å². The summed E-state index contributed by atoms with van der Waals surface area (Å²) in [6.45, 7) is 1.48. The summed E-state index contributed by atoms with van der Waals surface area (Å²) in [5, 5.41) is 3.97. The fourth-order valence-corrected chi connectivity index (χ4v) is 3.39. The molecule has 26 heavy (non-hydrogen) atoms. The van der Waals surface area contributed by atoms with Crippen LogP contribution in [0.3, 0.4) is 0 Å². The van der Waals surface area contributed by atoms with Crippen LogP contribution in [0, 0.1) is 0 Å². The Balaban J connectivity index is 1.48. The number of carbonyl (C=O) groups excluding carboxylic acids is 2. The topological polar surface area (TPSA) is 72.2 Å². The third-order valence-electron chi connectivity index (χ3n) is 3.68. The zero-order chi connectivity index (χ0) is 18.5. The molecule has 5 nitrogen and oxygen atoms in total. The van der Waals surface area contributed by atoms with E-state index in [1.807, 2.05) is 0 Å². The van der Waals surface area contributed by atoms with Crippen molar-refractivity contribution in [2.45, 2.75) is 25.0 Å².